The number of carbonyl (C=O) groups excluding carboxylic acids is 1. The van der Waals surface area contributed by atoms with E-state index >= 15 is 0 Å². The van der Waals surface area contributed by atoms with Gasteiger partial charge >= 0.3 is 5.76 Å². The van der Waals surface area contributed by atoms with Crippen molar-refractivity contribution in [3.63, 3.8) is 0 Å². The van der Waals surface area contributed by atoms with Crippen LogP contribution in [0.3, 0.4) is 0 Å². The molecule has 0 aliphatic heterocycles. The molecular weight excluding hydrogens is 386 g/mol. The van der Waals surface area contributed by atoms with E-state index in [-0.39, 0.29) is 12.5 Å². The lowest BCUT2D eigenvalue weighted by atomic mass is 10.1. The number of anilines is 1. The van der Waals surface area contributed by atoms with Gasteiger partial charge in [-0.05, 0) is 56.6 Å². The summed E-state index contributed by atoms with van der Waals surface area (Å²) in [5, 5.41) is 2.92. The molecule has 0 atom stereocenters. The molecular formula is C20H24F2N2O3S. The van der Waals surface area contributed by atoms with Gasteiger partial charge in [-0.2, -0.15) is 8.78 Å². The minimum Gasteiger partial charge on any atom is -0.324 e. The van der Waals surface area contributed by atoms with Gasteiger partial charge in [-0.25, -0.2) is 8.42 Å². The van der Waals surface area contributed by atoms with Gasteiger partial charge in [0.1, 0.15) is 0 Å². The quantitative estimate of drug-likeness (QED) is 0.756. The van der Waals surface area contributed by atoms with Crippen LogP contribution in [0.1, 0.15) is 22.3 Å². The first-order chi connectivity index (χ1) is 13.0. The van der Waals surface area contributed by atoms with E-state index in [2.05, 4.69) is 5.32 Å². The molecule has 1 N–H and O–H groups in total. The Labute approximate surface area is 164 Å². The third-order valence-corrected chi connectivity index (χ3v) is 5.69. The molecule has 2 rings (SSSR count). The summed E-state index contributed by atoms with van der Waals surface area (Å²) in [4.78, 5) is 13.7. The SMILES string of the molecule is Cc1cc(C)c(NC(=O)CN(C)Cc2ccc(S(=O)(=O)C(F)F)cc2)c(C)c1. The number of aryl methyl sites for hydroxylation is 3. The van der Waals surface area contributed by atoms with Crippen LogP contribution in [-0.4, -0.2) is 38.6 Å². The number of sulfone groups is 1. The predicted octanol–water partition coefficient (Wildman–Crippen LogP) is 3.68. The van der Waals surface area contributed by atoms with E-state index in [1.807, 2.05) is 32.9 Å². The second-order valence-corrected chi connectivity index (χ2v) is 8.86. The first-order valence-corrected chi connectivity index (χ1v) is 10.2. The summed E-state index contributed by atoms with van der Waals surface area (Å²) in [5.41, 5.74) is 4.62. The molecule has 1 amide bonds. The Kier molecular flexibility index (Phi) is 6.90. The average Bonchev–Trinajstić information content (AvgIpc) is 2.58. The Morgan fingerprint density at radius 2 is 1.61 bits per heavy atom. The Bertz CT molecular complexity index is 935. The Morgan fingerprint density at radius 1 is 1.07 bits per heavy atom. The minimum atomic E-state index is -4.60. The second kappa shape index (κ2) is 8.79. The van der Waals surface area contributed by atoms with Crippen LogP contribution < -0.4 is 5.32 Å². The molecule has 8 heteroatoms. The van der Waals surface area contributed by atoms with Gasteiger partial charge in [0.15, 0.2) is 0 Å². The number of amides is 1. The zero-order valence-electron chi connectivity index (χ0n) is 16.3. The van der Waals surface area contributed by atoms with Crippen molar-refractivity contribution in [1.82, 2.24) is 4.90 Å². The monoisotopic (exact) mass is 410 g/mol. The van der Waals surface area contributed by atoms with Crippen LogP contribution in [0.5, 0.6) is 0 Å². The van der Waals surface area contributed by atoms with Crippen molar-refractivity contribution in [2.24, 2.45) is 0 Å². The molecule has 0 bridgehead atoms. The molecule has 0 fully saturated rings. The summed E-state index contributed by atoms with van der Waals surface area (Å²) in [6.45, 7) is 6.37. The van der Waals surface area contributed by atoms with Gasteiger partial charge in [0, 0.05) is 12.2 Å². The third-order valence-electron chi connectivity index (χ3n) is 4.29. The molecule has 0 spiro atoms. The normalized spacial score (nSPS) is 11.9. The van der Waals surface area contributed by atoms with Gasteiger partial charge in [-0.15, -0.1) is 0 Å². The zero-order chi connectivity index (χ0) is 21.1. The number of nitrogens with one attached hydrogen (secondary N) is 1. The summed E-state index contributed by atoms with van der Waals surface area (Å²) in [5.74, 6) is -3.62. The van der Waals surface area contributed by atoms with Crippen molar-refractivity contribution < 1.29 is 22.0 Å². The lowest BCUT2D eigenvalue weighted by Gasteiger charge is -2.18. The molecule has 0 aliphatic carbocycles. The fourth-order valence-corrected chi connectivity index (χ4v) is 3.78. The number of halogens is 2. The van der Waals surface area contributed by atoms with Gasteiger partial charge in [-0.3, -0.25) is 9.69 Å². The number of carbonyl (C=O) groups is 1. The predicted molar refractivity (Wildman–Crippen MR) is 105 cm³/mol. The standard InChI is InChI=1S/C20H24F2N2O3S/c1-13-9-14(2)19(15(3)10-13)23-18(25)12-24(4)11-16-5-7-17(8-6-16)28(26,27)20(21)22/h5-10,20H,11-12H2,1-4H3,(H,23,25). The maximum atomic E-state index is 12.6. The Hall–Kier alpha value is -2.32. The minimum absolute atomic E-state index is 0.129. The van der Waals surface area contributed by atoms with Crippen molar-refractivity contribution in [1.29, 1.82) is 0 Å². The molecule has 0 saturated heterocycles. The highest BCUT2D eigenvalue weighted by Crippen LogP contribution is 2.22. The smallest absolute Gasteiger partial charge is 0.324 e. The zero-order valence-corrected chi connectivity index (χ0v) is 17.1. The van der Waals surface area contributed by atoms with Gasteiger partial charge in [-0.1, -0.05) is 29.8 Å². The van der Waals surface area contributed by atoms with Crippen LogP contribution in [-0.2, 0) is 21.2 Å². The van der Waals surface area contributed by atoms with Gasteiger partial charge < -0.3 is 5.32 Å². The van der Waals surface area contributed by atoms with E-state index in [1.54, 1.807) is 11.9 Å². The number of alkyl halides is 2. The molecule has 28 heavy (non-hydrogen) atoms. The molecule has 0 heterocycles. The van der Waals surface area contributed by atoms with Crippen molar-refractivity contribution in [2.75, 3.05) is 18.9 Å². The third kappa shape index (κ3) is 5.36. The molecule has 5 nitrogen and oxygen atoms in total. The van der Waals surface area contributed by atoms with Crippen molar-refractivity contribution >= 4 is 21.4 Å². The van der Waals surface area contributed by atoms with E-state index < -0.39 is 20.5 Å². The number of likely N-dealkylation sites (N-methyl/N-ethyl adjacent to an activating group) is 1. The first kappa shape index (κ1) is 22.0. The van der Waals surface area contributed by atoms with E-state index in [9.17, 15) is 22.0 Å². The van der Waals surface area contributed by atoms with Crippen LogP contribution in [0.15, 0.2) is 41.3 Å². The van der Waals surface area contributed by atoms with E-state index in [0.29, 0.717) is 12.1 Å². The van der Waals surface area contributed by atoms with Gasteiger partial charge in [0.25, 0.3) is 0 Å². The van der Waals surface area contributed by atoms with E-state index in [4.69, 9.17) is 0 Å². The van der Waals surface area contributed by atoms with E-state index in [1.165, 1.54) is 12.1 Å². The fraction of sp³-hybridized carbons (Fsp3) is 0.350. The average molecular weight is 410 g/mol. The van der Waals surface area contributed by atoms with E-state index in [0.717, 1.165) is 34.5 Å². The molecule has 152 valence electrons. The molecule has 0 unspecified atom stereocenters. The molecule has 2 aromatic rings. The lowest BCUT2D eigenvalue weighted by Crippen LogP contribution is -2.30. The number of rotatable bonds is 7. The highest BCUT2D eigenvalue weighted by atomic mass is 32.2. The molecule has 0 aliphatic rings. The summed E-state index contributed by atoms with van der Waals surface area (Å²) in [6, 6.07) is 9.26. The van der Waals surface area contributed by atoms with Crippen LogP contribution in [0.2, 0.25) is 0 Å². The second-order valence-electron chi connectivity index (χ2n) is 6.94. The van der Waals surface area contributed by atoms with Crippen LogP contribution in [0.4, 0.5) is 14.5 Å². The molecule has 2 aromatic carbocycles. The van der Waals surface area contributed by atoms with Gasteiger partial charge in [0.2, 0.25) is 15.7 Å². The topological polar surface area (TPSA) is 66.5 Å². The van der Waals surface area contributed by atoms with Crippen molar-refractivity contribution in [3.8, 4) is 0 Å². The molecule has 0 radical (unpaired) electrons. The summed E-state index contributed by atoms with van der Waals surface area (Å²) < 4.78 is 48.0. The maximum absolute atomic E-state index is 12.6. The summed E-state index contributed by atoms with van der Waals surface area (Å²) in [7, 11) is -2.85. The number of benzene rings is 2. The fourth-order valence-electron chi connectivity index (χ4n) is 3.06. The van der Waals surface area contributed by atoms with Crippen molar-refractivity contribution in [3.05, 3.63) is 58.7 Å². The number of hydrogen-bond donors (Lipinski definition) is 1. The van der Waals surface area contributed by atoms with Crippen molar-refractivity contribution in [2.45, 2.75) is 38.0 Å². The number of nitrogens with zero attached hydrogens (tertiary/aromatic N) is 1. The summed E-state index contributed by atoms with van der Waals surface area (Å²) >= 11 is 0. The Balaban J connectivity index is 1.99. The Morgan fingerprint density at radius 3 is 2.11 bits per heavy atom. The largest absolute Gasteiger partial charge is 0.341 e. The van der Waals surface area contributed by atoms with Crippen LogP contribution >= 0.6 is 0 Å². The van der Waals surface area contributed by atoms with Crippen LogP contribution in [0, 0.1) is 20.8 Å². The molecule has 0 saturated carbocycles. The first-order valence-electron chi connectivity index (χ1n) is 8.68. The maximum Gasteiger partial charge on any atom is 0.341 e. The summed E-state index contributed by atoms with van der Waals surface area (Å²) in [6.07, 6.45) is 0. The molecule has 0 aromatic heterocycles. The van der Waals surface area contributed by atoms with Crippen LogP contribution in [0.25, 0.3) is 0 Å². The van der Waals surface area contributed by atoms with Gasteiger partial charge in [0.05, 0.1) is 11.4 Å². The number of hydrogen-bond acceptors (Lipinski definition) is 4. The lowest BCUT2D eigenvalue weighted by molar-refractivity contribution is -0.117. The highest BCUT2D eigenvalue weighted by molar-refractivity contribution is 7.91. The highest BCUT2D eigenvalue weighted by Gasteiger charge is 2.26.